The summed E-state index contributed by atoms with van der Waals surface area (Å²) in [6, 6.07) is 19.3. The number of unbranched alkanes of at least 4 members (excludes halogenated alkanes) is 7. The maximum Gasteiger partial charge on any atom is 0.174 e. The lowest BCUT2D eigenvalue weighted by Gasteiger charge is -2.05. The van der Waals surface area contributed by atoms with Gasteiger partial charge in [0.05, 0.1) is 5.56 Å². The van der Waals surface area contributed by atoms with E-state index >= 15 is 0 Å². The summed E-state index contributed by atoms with van der Waals surface area (Å²) in [4.78, 5) is 0. The van der Waals surface area contributed by atoms with Crippen LogP contribution in [-0.2, 0) is 12.8 Å². The molecule has 0 nitrogen and oxygen atoms in total. The lowest BCUT2D eigenvalue weighted by atomic mass is 10.0. The molecule has 0 bridgehead atoms. The molecular formula is C35H38F2. The number of benzene rings is 3. The summed E-state index contributed by atoms with van der Waals surface area (Å²) < 4.78 is 28.9. The molecule has 0 aromatic heterocycles. The Hall–Kier alpha value is -3.36. The molecule has 0 radical (unpaired) electrons. The van der Waals surface area contributed by atoms with Gasteiger partial charge in [-0.3, -0.25) is 0 Å². The zero-order valence-electron chi connectivity index (χ0n) is 22.3. The molecule has 0 fully saturated rings. The summed E-state index contributed by atoms with van der Waals surface area (Å²) in [5.41, 5.74) is 4.49. The Morgan fingerprint density at radius 1 is 0.486 bits per heavy atom. The van der Waals surface area contributed by atoms with Crippen LogP contribution in [0.1, 0.15) is 105 Å². The van der Waals surface area contributed by atoms with Crippen LogP contribution in [0.4, 0.5) is 8.78 Å². The van der Waals surface area contributed by atoms with Gasteiger partial charge >= 0.3 is 0 Å². The average molecular weight is 497 g/mol. The van der Waals surface area contributed by atoms with Crippen LogP contribution in [0.5, 0.6) is 0 Å². The number of rotatable bonds is 11. The average Bonchev–Trinajstić information content (AvgIpc) is 2.93. The standard InChI is InChI=1S/C35H38F2/c1-3-5-7-9-10-12-28-14-16-29(17-15-28)18-19-30-20-22-31(23-21-30)24-25-33-27-26-32(34(36)35(33)37)13-11-8-6-4-2/h14-17,20-23,26-27H,3-13H2,1-2H3. The van der Waals surface area contributed by atoms with E-state index in [0.717, 1.165) is 48.8 Å². The van der Waals surface area contributed by atoms with Crippen LogP contribution in [-0.4, -0.2) is 0 Å². The van der Waals surface area contributed by atoms with Crippen molar-refractivity contribution < 1.29 is 8.78 Å². The van der Waals surface area contributed by atoms with E-state index in [1.807, 2.05) is 24.3 Å². The number of hydrogen-bond acceptors (Lipinski definition) is 0. The van der Waals surface area contributed by atoms with E-state index in [1.54, 1.807) is 12.1 Å². The van der Waals surface area contributed by atoms with Crippen LogP contribution in [0, 0.1) is 35.3 Å². The Morgan fingerprint density at radius 2 is 0.973 bits per heavy atom. The first-order valence-corrected chi connectivity index (χ1v) is 13.8. The summed E-state index contributed by atoms with van der Waals surface area (Å²) >= 11 is 0. The van der Waals surface area contributed by atoms with Crippen LogP contribution in [0.25, 0.3) is 0 Å². The summed E-state index contributed by atoms with van der Waals surface area (Å²) in [7, 11) is 0. The van der Waals surface area contributed by atoms with E-state index in [2.05, 4.69) is 61.8 Å². The Labute approximate surface area is 222 Å². The van der Waals surface area contributed by atoms with Crippen LogP contribution in [0.3, 0.4) is 0 Å². The minimum absolute atomic E-state index is 0.0862. The Balaban J connectivity index is 1.56. The van der Waals surface area contributed by atoms with Crippen molar-refractivity contribution in [3.05, 3.63) is 106 Å². The first-order chi connectivity index (χ1) is 18.1. The highest BCUT2D eigenvalue weighted by atomic mass is 19.2. The van der Waals surface area contributed by atoms with Gasteiger partial charge in [-0.25, -0.2) is 8.78 Å². The highest BCUT2D eigenvalue weighted by Crippen LogP contribution is 2.18. The minimum Gasteiger partial charge on any atom is -0.203 e. The first kappa shape index (κ1) is 28.2. The molecular weight excluding hydrogens is 458 g/mol. The summed E-state index contributed by atoms with van der Waals surface area (Å²) in [5, 5.41) is 0. The molecule has 0 saturated carbocycles. The van der Waals surface area contributed by atoms with Crippen molar-refractivity contribution in [2.45, 2.75) is 84.5 Å². The molecule has 3 aromatic carbocycles. The first-order valence-electron chi connectivity index (χ1n) is 13.8. The molecule has 0 saturated heterocycles. The van der Waals surface area contributed by atoms with Crippen molar-refractivity contribution >= 4 is 0 Å². The third-order valence-corrected chi connectivity index (χ3v) is 6.56. The summed E-state index contributed by atoms with van der Waals surface area (Å²) in [6.45, 7) is 4.37. The molecule has 192 valence electrons. The molecule has 0 aliphatic heterocycles. The third kappa shape index (κ3) is 9.55. The van der Waals surface area contributed by atoms with Gasteiger partial charge in [0.15, 0.2) is 11.6 Å². The molecule has 0 aliphatic rings. The molecule has 3 aromatic rings. The van der Waals surface area contributed by atoms with Crippen molar-refractivity contribution in [3.63, 3.8) is 0 Å². The van der Waals surface area contributed by atoms with Crippen molar-refractivity contribution in [1.29, 1.82) is 0 Å². The zero-order valence-corrected chi connectivity index (χ0v) is 22.3. The van der Waals surface area contributed by atoms with Gasteiger partial charge < -0.3 is 0 Å². The summed E-state index contributed by atoms with van der Waals surface area (Å²) in [5.74, 6) is 10.5. The van der Waals surface area contributed by atoms with Crippen LogP contribution in [0.2, 0.25) is 0 Å². The number of hydrogen-bond donors (Lipinski definition) is 0. The van der Waals surface area contributed by atoms with Crippen LogP contribution in [0.15, 0.2) is 60.7 Å². The van der Waals surface area contributed by atoms with E-state index in [-0.39, 0.29) is 5.56 Å². The fraction of sp³-hybridized carbons (Fsp3) is 0.371. The molecule has 0 aliphatic carbocycles. The van der Waals surface area contributed by atoms with Crippen molar-refractivity contribution in [2.75, 3.05) is 0 Å². The van der Waals surface area contributed by atoms with Gasteiger partial charge in [0.2, 0.25) is 0 Å². The molecule has 37 heavy (non-hydrogen) atoms. The van der Waals surface area contributed by atoms with Gasteiger partial charge in [-0.05, 0) is 79.3 Å². The van der Waals surface area contributed by atoms with Crippen molar-refractivity contribution in [3.8, 4) is 23.7 Å². The Morgan fingerprint density at radius 3 is 1.57 bits per heavy atom. The number of halogens is 2. The van der Waals surface area contributed by atoms with E-state index in [0.29, 0.717) is 12.0 Å². The maximum absolute atomic E-state index is 14.5. The molecule has 0 amide bonds. The second kappa shape index (κ2) is 15.7. The largest absolute Gasteiger partial charge is 0.203 e. The van der Waals surface area contributed by atoms with Gasteiger partial charge in [0, 0.05) is 16.7 Å². The molecule has 0 spiro atoms. The monoisotopic (exact) mass is 496 g/mol. The maximum atomic E-state index is 14.5. The molecule has 0 atom stereocenters. The molecule has 0 N–H and O–H groups in total. The van der Waals surface area contributed by atoms with E-state index in [9.17, 15) is 8.78 Å². The minimum atomic E-state index is -0.856. The van der Waals surface area contributed by atoms with Crippen molar-refractivity contribution in [2.24, 2.45) is 0 Å². The summed E-state index contributed by atoms with van der Waals surface area (Å²) in [6.07, 6.45) is 12.3. The van der Waals surface area contributed by atoms with Gasteiger partial charge in [-0.1, -0.05) is 101 Å². The van der Waals surface area contributed by atoms with Crippen LogP contribution < -0.4 is 0 Å². The van der Waals surface area contributed by atoms with Crippen molar-refractivity contribution in [1.82, 2.24) is 0 Å². The topological polar surface area (TPSA) is 0 Å². The van der Waals surface area contributed by atoms with Gasteiger partial charge in [-0.15, -0.1) is 0 Å². The predicted molar refractivity (Wildman–Crippen MR) is 152 cm³/mol. The fourth-order valence-corrected chi connectivity index (χ4v) is 4.23. The normalized spacial score (nSPS) is 10.4. The lowest BCUT2D eigenvalue weighted by molar-refractivity contribution is 0.493. The van der Waals surface area contributed by atoms with Gasteiger partial charge in [0.1, 0.15) is 0 Å². The highest BCUT2D eigenvalue weighted by molar-refractivity contribution is 5.48. The molecule has 2 heteroatoms. The lowest BCUT2D eigenvalue weighted by Crippen LogP contribution is -1.98. The van der Waals surface area contributed by atoms with E-state index in [4.69, 9.17) is 0 Å². The Bertz CT molecular complexity index is 1230. The van der Waals surface area contributed by atoms with E-state index in [1.165, 1.54) is 37.7 Å². The predicted octanol–water partition coefficient (Wildman–Crippen LogP) is 9.40. The molecule has 0 heterocycles. The SMILES string of the molecule is CCCCCCCc1ccc(C#Cc2ccc(C#Cc3ccc(CCCCCC)c(F)c3F)cc2)cc1. The quantitative estimate of drug-likeness (QED) is 0.183. The molecule has 0 unspecified atom stereocenters. The second-order valence-corrected chi connectivity index (χ2v) is 9.65. The second-order valence-electron chi connectivity index (χ2n) is 9.65. The Kier molecular flexibility index (Phi) is 12.0. The van der Waals surface area contributed by atoms with Crippen LogP contribution >= 0.6 is 0 Å². The highest BCUT2D eigenvalue weighted by Gasteiger charge is 2.12. The van der Waals surface area contributed by atoms with E-state index < -0.39 is 11.6 Å². The fourth-order valence-electron chi connectivity index (χ4n) is 4.23. The van der Waals surface area contributed by atoms with Gasteiger partial charge in [0.25, 0.3) is 0 Å². The number of aryl methyl sites for hydroxylation is 2. The third-order valence-electron chi connectivity index (χ3n) is 6.56. The molecule has 3 rings (SSSR count). The zero-order chi connectivity index (χ0) is 26.3. The smallest absolute Gasteiger partial charge is 0.174 e. The van der Waals surface area contributed by atoms with Gasteiger partial charge in [-0.2, -0.15) is 0 Å².